The molecule has 1 saturated heterocycles. The lowest BCUT2D eigenvalue weighted by Crippen LogP contribution is -2.29. The number of aliphatic hydroxyl groups is 1. The first-order valence-electron chi connectivity index (χ1n) is 9.27. The fraction of sp³-hybridized carbons (Fsp3) is 0.0833. The fourth-order valence-electron chi connectivity index (χ4n) is 3.57. The Morgan fingerprint density at radius 3 is 2.23 bits per heavy atom. The number of benzene rings is 3. The van der Waals surface area contributed by atoms with Gasteiger partial charge in [0.05, 0.1) is 11.6 Å². The topological polar surface area (TPSA) is 57.6 Å². The molecule has 1 heterocycles. The molecule has 1 unspecified atom stereocenters. The van der Waals surface area contributed by atoms with Crippen molar-refractivity contribution in [1.82, 2.24) is 0 Å². The third-order valence-electron chi connectivity index (χ3n) is 5.13. The maximum absolute atomic E-state index is 13.1. The third kappa shape index (κ3) is 3.38. The van der Waals surface area contributed by atoms with E-state index in [1.165, 1.54) is 4.90 Å². The standard InChI is InChI=1S/C24H17Cl2NO3/c1-14-11-12-16(13-19(14)26)27-21(17-9-5-6-10-18(17)25)20(23(29)24(27)30)22(28)15-7-3-2-4-8-15/h2-13,21,28H,1H3. The van der Waals surface area contributed by atoms with Gasteiger partial charge in [-0.25, -0.2) is 0 Å². The van der Waals surface area contributed by atoms with Crippen LogP contribution in [0.1, 0.15) is 22.7 Å². The number of carbonyl (C=O) groups is 2. The van der Waals surface area contributed by atoms with Gasteiger partial charge in [-0.1, -0.05) is 77.8 Å². The number of rotatable bonds is 3. The second-order valence-corrected chi connectivity index (χ2v) is 7.80. The number of hydrogen-bond acceptors (Lipinski definition) is 3. The summed E-state index contributed by atoms with van der Waals surface area (Å²) < 4.78 is 0. The molecule has 0 aromatic heterocycles. The van der Waals surface area contributed by atoms with Crippen molar-refractivity contribution in [3.8, 4) is 0 Å². The monoisotopic (exact) mass is 437 g/mol. The first kappa shape index (κ1) is 20.2. The molecule has 1 fully saturated rings. The third-order valence-corrected chi connectivity index (χ3v) is 5.88. The number of hydrogen-bond donors (Lipinski definition) is 1. The minimum atomic E-state index is -0.891. The van der Waals surface area contributed by atoms with Crippen LogP contribution in [0.2, 0.25) is 10.0 Å². The second-order valence-electron chi connectivity index (χ2n) is 6.99. The van der Waals surface area contributed by atoms with Gasteiger partial charge in [-0.15, -0.1) is 0 Å². The van der Waals surface area contributed by atoms with Crippen LogP contribution >= 0.6 is 23.2 Å². The van der Waals surface area contributed by atoms with E-state index in [0.29, 0.717) is 26.9 Å². The highest BCUT2D eigenvalue weighted by molar-refractivity contribution is 6.52. The lowest BCUT2D eigenvalue weighted by Gasteiger charge is -2.26. The van der Waals surface area contributed by atoms with Gasteiger partial charge in [-0.05, 0) is 36.2 Å². The summed E-state index contributed by atoms with van der Waals surface area (Å²) in [6.45, 7) is 1.85. The van der Waals surface area contributed by atoms with Crippen molar-refractivity contribution in [2.45, 2.75) is 13.0 Å². The molecule has 0 aliphatic carbocycles. The lowest BCUT2D eigenvalue weighted by atomic mass is 9.95. The molecule has 3 aromatic rings. The van der Waals surface area contributed by atoms with E-state index in [1.54, 1.807) is 72.8 Å². The van der Waals surface area contributed by atoms with E-state index in [2.05, 4.69) is 0 Å². The van der Waals surface area contributed by atoms with Gasteiger partial charge in [-0.3, -0.25) is 14.5 Å². The molecule has 0 saturated carbocycles. The summed E-state index contributed by atoms with van der Waals surface area (Å²) in [7, 11) is 0. The molecule has 1 amide bonds. The van der Waals surface area contributed by atoms with E-state index in [-0.39, 0.29) is 11.3 Å². The molecule has 30 heavy (non-hydrogen) atoms. The van der Waals surface area contributed by atoms with Crippen molar-refractivity contribution < 1.29 is 14.7 Å². The van der Waals surface area contributed by atoms with Crippen LogP contribution in [0.4, 0.5) is 5.69 Å². The van der Waals surface area contributed by atoms with Crippen LogP contribution in [0.3, 0.4) is 0 Å². The Kier molecular flexibility index (Phi) is 5.37. The van der Waals surface area contributed by atoms with E-state index in [9.17, 15) is 14.7 Å². The SMILES string of the molecule is Cc1ccc(N2C(=O)C(=O)C(=C(O)c3ccccc3)C2c2ccccc2Cl)cc1Cl. The van der Waals surface area contributed by atoms with Crippen LogP contribution in [0.5, 0.6) is 0 Å². The van der Waals surface area contributed by atoms with Crippen LogP contribution in [0.15, 0.2) is 78.4 Å². The van der Waals surface area contributed by atoms with Crippen molar-refractivity contribution in [2.75, 3.05) is 4.90 Å². The Morgan fingerprint density at radius 2 is 1.57 bits per heavy atom. The predicted molar refractivity (Wildman–Crippen MR) is 119 cm³/mol. The van der Waals surface area contributed by atoms with Gasteiger partial charge in [0.1, 0.15) is 5.76 Å². The maximum atomic E-state index is 13.1. The summed E-state index contributed by atoms with van der Waals surface area (Å²) in [6, 6.07) is 19.8. The molecular weight excluding hydrogens is 421 g/mol. The molecule has 4 nitrogen and oxygen atoms in total. The Balaban J connectivity index is 1.99. The molecule has 0 spiro atoms. The van der Waals surface area contributed by atoms with Gasteiger partial charge in [-0.2, -0.15) is 0 Å². The molecule has 150 valence electrons. The van der Waals surface area contributed by atoms with Crippen molar-refractivity contribution in [3.63, 3.8) is 0 Å². The molecule has 4 rings (SSSR count). The Morgan fingerprint density at radius 1 is 0.900 bits per heavy atom. The number of anilines is 1. The van der Waals surface area contributed by atoms with E-state index < -0.39 is 17.7 Å². The van der Waals surface area contributed by atoms with Gasteiger partial charge in [0.2, 0.25) is 0 Å². The second kappa shape index (κ2) is 7.98. The summed E-state index contributed by atoms with van der Waals surface area (Å²) in [4.78, 5) is 27.5. The molecule has 0 bridgehead atoms. The number of Topliss-reactive ketones (excluding diaryl/α,β-unsaturated/α-hetero) is 1. The molecule has 1 N–H and O–H groups in total. The van der Waals surface area contributed by atoms with Gasteiger partial charge in [0.15, 0.2) is 0 Å². The van der Waals surface area contributed by atoms with Gasteiger partial charge < -0.3 is 5.11 Å². The van der Waals surface area contributed by atoms with Crippen LogP contribution in [0, 0.1) is 6.92 Å². The molecular formula is C24H17Cl2NO3. The molecule has 1 aliphatic rings. The molecule has 6 heteroatoms. The fourth-order valence-corrected chi connectivity index (χ4v) is 3.99. The number of ketones is 1. The van der Waals surface area contributed by atoms with E-state index in [4.69, 9.17) is 23.2 Å². The largest absolute Gasteiger partial charge is 0.507 e. The number of halogens is 2. The number of carbonyl (C=O) groups excluding carboxylic acids is 2. The van der Waals surface area contributed by atoms with E-state index in [0.717, 1.165) is 5.56 Å². The smallest absolute Gasteiger partial charge is 0.300 e. The zero-order valence-electron chi connectivity index (χ0n) is 16.0. The van der Waals surface area contributed by atoms with Gasteiger partial charge in [0, 0.05) is 21.3 Å². The zero-order chi connectivity index (χ0) is 21.4. The highest BCUT2D eigenvalue weighted by Gasteiger charge is 2.47. The number of amides is 1. The highest BCUT2D eigenvalue weighted by atomic mass is 35.5. The summed E-state index contributed by atoms with van der Waals surface area (Å²) in [5, 5.41) is 11.9. The number of nitrogens with zero attached hydrogens (tertiary/aromatic N) is 1. The zero-order valence-corrected chi connectivity index (χ0v) is 17.5. The summed E-state index contributed by atoms with van der Waals surface area (Å²) in [5.41, 5.74) is 2.25. The average Bonchev–Trinajstić information content (AvgIpc) is 3.01. The maximum Gasteiger partial charge on any atom is 0.300 e. The van der Waals surface area contributed by atoms with E-state index in [1.807, 2.05) is 6.92 Å². The normalized spacial score (nSPS) is 18.1. The van der Waals surface area contributed by atoms with E-state index >= 15 is 0 Å². The van der Waals surface area contributed by atoms with Crippen molar-refractivity contribution in [2.24, 2.45) is 0 Å². The van der Waals surface area contributed by atoms with Crippen molar-refractivity contribution in [1.29, 1.82) is 0 Å². The number of aryl methyl sites for hydroxylation is 1. The van der Waals surface area contributed by atoms with Gasteiger partial charge >= 0.3 is 0 Å². The molecule has 1 atom stereocenters. The molecule has 0 radical (unpaired) electrons. The van der Waals surface area contributed by atoms with Crippen LogP contribution < -0.4 is 4.90 Å². The van der Waals surface area contributed by atoms with Crippen LogP contribution in [0.25, 0.3) is 5.76 Å². The average molecular weight is 438 g/mol. The van der Waals surface area contributed by atoms with Crippen molar-refractivity contribution >= 4 is 46.3 Å². The lowest BCUT2D eigenvalue weighted by molar-refractivity contribution is -0.132. The van der Waals surface area contributed by atoms with Gasteiger partial charge in [0.25, 0.3) is 11.7 Å². The summed E-state index contributed by atoms with van der Waals surface area (Å²) in [6.07, 6.45) is 0. The minimum Gasteiger partial charge on any atom is -0.507 e. The minimum absolute atomic E-state index is 0.0176. The summed E-state index contributed by atoms with van der Waals surface area (Å²) in [5.74, 6) is -1.78. The Hall–Kier alpha value is -3.08. The molecule has 1 aliphatic heterocycles. The molecule has 3 aromatic carbocycles. The Labute approximate surface area is 184 Å². The Bertz CT molecular complexity index is 1190. The predicted octanol–water partition coefficient (Wildman–Crippen LogP) is 5.93. The van der Waals surface area contributed by atoms with Crippen LogP contribution in [-0.4, -0.2) is 16.8 Å². The summed E-state index contributed by atoms with van der Waals surface area (Å²) >= 11 is 12.7. The first-order valence-corrected chi connectivity index (χ1v) is 10.0. The van der Waals surface area contributed by atoms with Crippen LogP contribution in [-0.2, 0) is 9.59 Å². The first-order chi connectivity index (χ1) is 14.4. The van der Waals surface area contributed by atoms with Crippen molar-refractivity contribution in [3.05, 3.63) is 105 Å². The quantitative estimate of drug-likeness (QED) is 0.313. The highest BCUT2D eigenvalue weighted by Crippen LogP contribution is 2.44. The number of aliphatic hydroxyl groups excluding tert-OH is 1.